The fraction of sp³-hybridized carbons (Fsp3) is 0.188. The van der Waals surface area contributed by atoms with Crippen molar-refractivity contribution in [3.8, 4) is 5.75 Å². The summed E-state index contributed by atoms with van der Waals surface area (Å²) in [5, 5.41) is 5.71. The highest BCUT2D eigenvalue weighted by Gasteiger charge is 2.06. The number of aryl methyl sites for hydroxylation is 1. The average Bonchev–Trinajstić information content (AvgIpc) is 2.48. The minimum Gasteiger partial charge on any atom is -0.435 e. The van der Waals surface area contributed by atoms with Crippen LogP contribution in [0.15, 0.2) is 46.9 Å². The molecule has 2 N–H and O–H groups in total. The molecule has 0 spiro atoms. The number of benzene rings is 2. The van der Waals surface area contributed by atoms with Gasteiger partial charge < -0.3 is 15.4 Å². The van der Waals surface area contributed by atoms with Crippen LogP contribution >= 0.6 is 15.9 Å². The minimum atomic E-state index is -2.87. The van der Waals surface area contributed by atoms with Gasteiger partial charge in [-0.1, -0.05) is 15.9 Å². The van der Waals surface area contributed by atoms with Crippen molar-refractivity contribution in [3.63, 3.8) is 0 Å². The fourth-order valence-corrected chi connectivity index (χ4v) is 2.40. The molecule has 2 aromatic rings. The Labute approximate surface area is 141 Å². The molecule has 4 nitrogen and oxygen atoms in total. The Balaban J connectivity index is 1.87. The maximum Gasteiger partial charge on any atom is 0.387 e. The molecule has 7 heteroatoms. The normalized spacial score (nSPS) is 10.5. The van der Waals surface area contributed by atoms with Gasteiger partial charge in [-0.3, -0.25) is 4.79 Å². The second kappa shape index (κ2) is 7.92. The van der Waals surface area contributed by atoms with E-state index in [-0.39, 0.29) is 18.2 Å². The van der Waals surface area contributed by atoms with Crippen LogP contribution in [0.25, 0.3) is 0 Å². The predicted molar refractivity (Wildman–Crippen MR) is 89.1 cm³/mol. The number of rotatable bonds is 6. The monoisotopic (exact) mass is 384 g/mol. The fourth-order valence-electron chi connectivity index (χ4n) is 1.93. The summed E-state index contributed by atoms with van der Waals surface area (Å²) in [6.07, 6.45) is 0. The van der Waals surface area contributed by atoms with Crippen molar-refractivity contribution in [3.05, 3.63) is 52.5 Å². The van der Waals surface area contributed by atoms with Crippen LogP contribution in [-0.4, -0.2) is 19.1 Å². The first kappa shape index (κ1) is 17.2. The maximum absolute atomic E-state index is 12.0. The van der Waals surface area contributed by atoms with Crippen molar-refractivity contribution < 1.29 is 18.3 Å². The number of hydrogen-bond donors (Lipinski definition) is 2. The summed E-state index contributed by atoms with van der Waals surface area (Å²) in [5.74, 6) is -0.198. The van der Waals surface area contributed by atoms with Gasteiger partial charge in [0, 0.05) is 15.8 Å². The maximum atomic E-state index is 12.0. The van der Waals surface area contributed by atoms with Crippen LogP contribution in [-0.2, 0) is 4.79 Å². The lowest BCUT2D eigenvalue weighted by molar-refractivity contribution is -0.114. The Morgan fingerprint density at radius 3 is 2.52 bits per heavy atom. The summed E-state index contributed by atoms with van der Waals surface area (Å²) in [5.41, 5.74) is 2.38. The smallest absolute Gasteiger partial charge is 0.387 e. The van der Waals surface area contributed by atoms with Crippen LogP contribution in [0.1, 0.15) is 5.56 Å². The van der Waals surface area contributed by atoms with Crippen molar-refractivity contribution in [1.29, 1.82) is 0 Å². The number of ether oxygens (including phenoxy) is 1. The third-order valence-electron chi connectivity index (χ3n) is 2.99. The van der Waals surface area contributed by atoms with Crippen LogP contribution in [0.2, 0.25) is 0 Å². The van der Waals surface area contributed by atoms with Gasteiger partial charge in [-0.05, 0) is 55.0 Å². The van der Waals surface area contributed by atoms with Crippen molar-refractivity contribution in [2.45, 2.75) is 13.5 Å². The van der Waals surface area contributed by atoms with E-state index in [2.05, 4.69) is 31.3 Å². The quantitative estimate of drug-likeness (QED) is 0.775. The number of halogens is 3. The molecule has 0 heterocycles. The van der Waals surface area contributed by atoms with Gasteiger partial charge in [0.2, 0.25) is 5.91 Å². The van der Waals surface area contributed by atoms with Gasteiger partial charge in [0.05, 0.1) is 6.54 Å². The van der Waals surface area contributed by atoms with Crippen LogP contribution < -0.4 is 15.4 Å². The van der Waals surface area contributed by atoms with Crippen LogP contribution in [0.5, 0.6) is 5.75 Å². The van der Waals surface area contributed by atoms with Gasteiger partial charge in [0.15, 0.2) is 0 Å². The molecule has 0 unspecified atom stereocenters. The molecular formula is C16H15BrF2N2O2. The highest BCUT2D eigenvalue weighted by molar-refractivity contribution is 9.10. The zero-order valence-corrected chi connectivity index (χ0v) is 13.9. The number of alkyl halides is 2. The molecule has 0 aliphatic rings. The average molecular weight is 385 g/mol. The summed E-state index contributed by atoms with van der Waals surface area (Å²) in [6.45, 7) is -0.835. The first-order chi connectivity index (χ1) is 10.9. The lowest BCUT2D eigenvalue weighted by Crippen LogP contribution is -2.22. The highest BCUT2D eigenvalue weighted by atomic mass is 79.9. The molecule has 0 fully saturated rings. The molecule has 1 amide bonds. The molecule has 0 radical (unpaired) electrons. The molecule has 23 heavy (non-hydrogen) atoms. The molecule has 0 aliphatic heterocycles. The Kier molecular flexibility index (Phi) is 5.92. The van der Waals surface area contributed by atoms with Crippen molar-refractivity contribution in [2.75, 3.05) is 17.2 Å². The Morgan fingerprint density at radius 1 is 1.22 bits per heavy atom. The summed E-state index contributed by atoms with van der Waals surface area (Å²) in [7, 11) is 0. The lowest BCUT2D eigenvalue weighted by atomic mass is 10.2. The molecule has 0 bridgehead atoms. The highest BCUT2D eigenvalue weighted by Crippen LogP contribution is 2.20. The molecule has 0 saturated heterocycles. The first-order valence-electron chi connectivity index (χ1n) is 6.79. The van der Waals surface area contributed by atoms with E-state index in [1.165, 1.54) is 24.3 Å². The molecule has 122 valence electrons. The predicted octanol–water partition coefficient (Wildman–Crippen LogP) is 4.41. The molecule has 0 saturated carbocycles. The SMILES string of the molecule is Cc1cc(Br)ccc1NCC(=O)Nc1ccc(OC(F)F)cc1. The minimum absolute atomic E-state index is 0.0432. The third kappa shape index (κ3) is 5.52. The van der Waals surface area contributed by atoms with Gasteiger partial charge >= 0.3 is 6.61 Å². The zero-order valence-electron chi connectivity index (χ0n) is 12.3. The molecule has 0 aliphatic carbocycles. The number of amides is 1. The van der Waals surface area contributed by atoms with E-state index in [0.29, 0.717) is 5.69 Å². The van der Waals surface area contributed by atoms with Crippen LogP contribution in [0.3, 0.4) is 0 Å². The second-order valence-corrected chi connectivity index (χ2v) is 5.68. The van der Waals surface area contributed by atoms with E-state index >= 15 is 0 Å². The Hall–Kier alpha value is -2.15. The summed E-state index contributed by atoms with van der Waals surface area (Å²) >= 11 is 3.38. The molecule has 2 rings (SSSR count). The molecule has 0 atom stereocenters. The molecule has 0 aromatic heterocycles. The number of anilines is 2. The number of nitrogens with one attached hydrogen (secondary N) is 2. The number of hydrogen-bond acceptors (Lipinski definition) is 3. The summed E-state index contributed by atoms with van der Waals surface area (Å²) in [4.78, 5) is 11.9. The van der Waals surface area contributed by atoms with Gasteiger partial charge in [-0.15, -0.1) is 0 Å². The van der Waals surface area contributed by atoms with Gasteiger partial charge in [-0.25, -0.2) is 0 Å². The molecular weight excluding hydrogens is 370 g/mol. The number of carbonyl (C=O) groups is 1. The van der Waals surface area contributed by atoms with E-state index in [4.69, 9.17) is 0 Å². The van der Waals surface area contributed by atoms with Crippen LogP contribution in [0.4, 0.5) is 20.2 Å². The van der Waals surface area contributed by atoms with E-state index in [0.717, 1.165) is 15.7 Å². The second-order valence-electron chi connectivity index (χ2n) is 4.76. The van der Waals surface area contributed by atoms with Crippen LogP contribution in [0, 0.1) is 6.92 Å². The van der Waals surface area contributed by atoms with Gasteiger partial charge in [0.25, 0.3) is 0 Å². The summed E-state index contributed by atoms with van der Waals surface area (Å²) < 4.78 is 29.3. The van der Waals surface area contributed by atoms with Gasteiger partial charge in [0.1, 0.15) is 5.75 Å². The standard InChI is InChI=1S/C16H15BrF2N2O2/c1-10-8-11(17)2-7-14(10)20-9-15(22)21-12-3-5-13(6-4-12)23-16(18)19/h2-8,16,20H,9H2,1H3,(H,21,22). The summed E-state index contributed by atoms with van der Waals surface area (Å²) in [6, 6.07) is 11.4. The van der Waals surface area contributed by atoms with Crippen molar-refractivity contribution in [1.82, 2.24) is 0 Å². The lowest BCUT2D eigenvalue weighted by Gasteiger charge is -2.11. The van der Waals surface area contributed by atoms with Crippen molar-refractivity contribution in [2.24, 2.45) is 0 Å². The largest absolute Gasteiger partial charge is 0.435 e. The third-order valence-corrected chi connectivity index (χ3v) is 3.48. The Morgan fingerprint density at radius 2 is 1.91 bits per heavy atom. The van der Waals surface area contributed by atoms with E-state index < -0.39 is 6.61 Å². The molecule has 2 aromatic carbocycles. The van der Waals surface area contributed by atoms with Crippen molar-refractivity contribution >= 4 is 33.2 Å². The topological polar surface area (TPSA) is 50.4 Å². The van der Waals surface area contributed by atoms with Gasteiger partial charge in [-0.2, -0.15) is 8.78 Å². The van der Waals surface area contributed by atoms with E-state index in [1.807, 2.05) is 25.1 Å². The number of carbonyl (C=O) groups excluding carboxylic acids is 1. The van der Waals surface area contributed by atoms with E-state index in [9.17, 15) is 13.6 Å². The van der Waals surface area contributed by atoms with E-state index in [1.54, 1.807) is 0 Å². The zero-order chi connectivity index (χ0) is 16.8. The first-order valence-corrected chi connectivity index (χ1v) is 7.58. The Bertz CT molecular complexity index is 678.